The van der Waals surface area contributed by atoms with Crippen LogP contribution in [0.25, 0.3) is 10.8 Å². The predicted octanol–water partition coefficient (Wildman–Crippen LogP) is 0.807. The first-order valence-corrected chi connectivity index (χ1v) is 8.18. The van der Waals surface area contributed by atoms with Crippen molar-refractivity contribution in [3.63, 3.8) is 0 Å². The van der Waals surface area contributed by atoms with E-state index in [1.54, 1.807) is 38.1 Å². The number of hydrogen-bond acceptors (Lipinski definition) is 6. The lowest BCUT2D eigenvalue weighted by Gasteiger charge is -2.14. The Labute approximate surface area is 149 Å². The maximum Gasteiger partial charge on any atom is 0.360 e. The molecule has 2 N–H and O–H groups in total. The molecule has 0 aliphatic carbocycles. The number of imide groups is 1. The van der Waals surface area contributed by atoms with Gasteiger partial charge in [-0.1, -0.05) is 18.2 Å². The number of carbonyl (C=O) groups excluding carboxylic acids is 3. The number of nitrogens with one attached hydrogen (secondary N) is 2. The fourth-order valence-corrected chi connectivity index (χ4v) is 2.29. The van der Waals surface area contributed by atoms with Gasteiger partial charge in [0, 0.05) is 18.5 Å². The van der Waals surface area contributed by atoms with E-state index >= 15 is 0 Å². The van der Waals surface area contributed by atoms with E-state index in [0.717, 1.165) is 4.68 Å². The van der Waals surface area contributed by atoms with Crippen LogP contribution in [0.15, 0.2) is 29.1 Å². The first-order chi connectivity index (χ1) is 12.4. The van der Waals surface area contributed by atoms with Crippen molar-refractivity contribution in [1.29, 1.82) is 0 Å². The Kier molecular flexibility index (Phi) is 6.05. The molecule has 1 unspecified atom stereocenters. The van der Waals surface area contributed by atoms with Crippen molar-refractivity contribution in [1.82, 2.24) is 20.4 Å². The van der Waals surface area contributed by atoms with Crippen molar-refractivity contribution in [2.45, 2.75) is 33.4 Å². The molecule has 3 amide bonds. The summed E-state index contributed by atoms with van der Waals surface area (Å²) in [6.07, 6.45) is -1.22. The van der Waals surface area contributed by atoms with Crippen LogP contribution < -0.4 is 16.2 Å². The lowest BCUT2D eigenvalue weighted by molar-refractivity contribution is -0.127. The van der Waals surface area contributed by atoms with Gasteiger partial charge in [-0.25, -0.2) is 14.3 Å². The first kappa shape index (κ1) is 19.1. The van der Waals surface area contributed by atoms with Crippen LogP contribution in [0, 0.1) is 0 Å². The van der Waals surface area contributed by atoms with Crippen molar-refractivity contribution in [3.8, 4) is 0 Å². The zero-order valence-corrected chi connectivity index (χ0v) is 14.7. The lowest BCUT2D eigenvalue weighted by Crippen LogP contribution is -2.44. The minimum atomic E-state index is -1.22. The number of ether oxygens (including phenoxy) is 1. The predicted molar refractivity (Wildman–Crippen MR) is 93.8 cm³/mol. The Bertz CT molecular complexity index is 906. The zero-order valence-electron chi connectivity index (χ0n) is 14.7. The molecule has 0 radical (unpaired) electrons. The molecule has 1 heterocycles. The highest BCUT2D eigenvalue weighted by atomic mass is 16.5. The van der Waals surface area contributed by atoms with Gasteiger partial charge in [0.15, 0.2) is 11.8 Å². The summed E-state index contributed by atoms with van der Waals surface area (Å²) in [6.45, 7) is 5.39. The molecule has 1 atom stereocenters. The van der Waals surface area contributed by atoms with Crippen LogP contribution in [0.5, 0.6) is 0 Å². The van der Waals surface area contributed by atoms with Crippen LogP contribution in [-0.4, -0.2) is 40.3 Å². The van der Waals surface area contributed by atoms with Gasteiger partial charge in [-0.2, -0.15) is 5.10 Å². The molecule has 1 aromatic heterocycles. The van der Waals surface area contributed by atoms with Crippen LogP contribution in [0.2, 0.25) is 0 Å². The maximum absolute atomic E-state index is 12.5. The summed E-state index contributed by atoms with van der Waals surface area (Å²) in [5, 5.41) is 9.17. The average Bonchev–Trinajstić information content (AvgIpc) is 2.62. The number of carbonyl (C=O) groups is 3. The van der Waals surface area contributed by atoms with Gasteiger partial charge in [-0.15, -0.1) is 0 Å². The summed E-state index contributed by atoms with van der Waals surface area (Å²) in [5.41, 5.74) is -0.388. The summed E-state index contributed by atoms with van der Waals surface area (Å²) in [7, 11) is 0. The highest BCUT2D eigenvalue weighted by Crippen LogP contribution is 2.15. The number of amides is 3. The second-order valence-corrected chi connectivity index (χ2v) is 5.41. The minimum Gasteiger partial charge on any atom is -0.448 e. The van der Waals surface area contributed by atoms with Crippen molar-refractivity contribution >= 4 is 28.7 Å². The first-order valence-electron chi connectivity index (χ1n) is 8.18. The van der Waals surface area contributed by atoms with Crippen molar-refractivity contribution < 1.29 is 19.1 Å². The number of fused-ring (bicyclic) bond motifs is 1. The molecule has 2 aromatic rings. The summed E-state index contributed by atoms with van der Waals surface area (Å²) in [6, 6.07) is 5.85. The molecule has 138 valence electrons. The van der Waals surface area contributed by atoms with Gasteiger partial charge < -0.3 is 10.1 Å². The Hall–Kier alpha value is -3.23. The third kappa shape index (κ3) is 4.05. The van der Waals surface area contributed by atoms with E-state index < -0.39 is 24.0 Å². The quantitative estimate of drug-likeness (QED) is 0.762. The minimum absolute atomic E-state index is 0.0697. The van der Waals surface area contributed by atoms with Gasteiger partial charge in [0.2, 0.25) is 0 Å². The van der Waals surface area contributed by atoms with E-state index in [-0.39, 0.29) is 17.8 Å². The van der Waals surface area contributed by atoms with E-state index in [1.807, 2.05) is 0 Å². The average molecular weight is 360 g/mol. The second kappa shape index (κ2) is 8.24. The van der Waals surface area contributed by atoms with Crippen LogP contribution in [0.3, 0.4) is 0 Å². The zero-order chi connectivity index (χ0) is 19.3. The molecule has 9 nitrogen and oxygen atoms in total. The van der Waals surface area contributed by atoms with Crippen LogP contribution >= 0.6 is 0 Å². The molecule has 0 saturated carbocycles. The van der Waals surface area contributed by atoms with Crippen molar-refractivity contribution in [2.75, 3.05) is 6.54 Å². The van der Waals surface area contributed by atoms with E-state index in [9.17, 15) is 19.2 Å². The molecule has 0 aliphatic heterocycles. The normalized spacial score (nSPS) is 11.7. The van der Waals surface area contributed by atoms with Gasteiger partial charge >= 0.3 is 12.0 Å². The number of urea groups is 1. The van der Waals surface area contributed by atoms with E-state index in [0.29, 0.717) is 17.3 Å². The molecule has 0 saturated heterocycles. The van der Waals surface area contributed by atoms with Gasteiger partial charge in [-0.3, -0.25) is 14.9 Å². The highest BCUT2D eigenvalue weighted by Gasteiger charge is 2.24. The Morgan fingerprint density at radius 3 is 2.46 bits per heavy atom. The van der Waals surface area contributed by atoms with Crippen LogP contribution in [0.1, 0.15) is 31.3 Å². The Morgan fingerprint density at radius 1 is 1.19 bits per heavy atom. The number of aromatic nitrogens is 2. The second-order valence-electron chi connectivity index (χ2n) is 5.41. The summed E-state index contributed by atoms with van der Waals surface area (Å²) in [4.78, 5) is 48.1. The number of hydrogen-bond donors (Lipinski definition) is 2. The van der Waals surface area contributed by atoms with Gasteiger partial charge in [0.25, 0.3) is 11.5 Å². The number of aryl methyl sites for hydroxylation is 1. The van der Waals surface area contributed by atoms with Crippen LogP contribution in [-0.2, 0) is 16.1 Å². The summed E-state index contributed by atoms with van der Waals surface area (Å²) >= 11 is 0. The molecule has 1 aromatic carbocycles. The number of rotatable bonds is 5. The summed E-state index contributed by atoms with van der Waals surface area (Å²) < 4.78 is 6.27. The fraction of sp³-hybridized carbons (Fsp3) is 0.353. The fourth-order valence-electron chi connectivity index (χ4n) is 2.29. The summed E-state index contributed by atoms with van der Waals surface area (Å²) in [5.74, 6) is -1.63. The van der Waals surface area contributed by atoms with Gasteiger partial charge in [0.1, 0.15) is 0 Å². The topological polar surface area (TPSA) is 119 Å². The van der Waals surface area contributed by atoms with Crippen LogP contribution in [0.4, 0.5) is 4.79 Å². The molecule has 26 heavy (non-hydrogen) atoms. The third-order valence-electron chi connectivity index (χ3n) is 3.59. The van der Waals surface area contributed by atoms with E-state index in [4.69, 9.17) is 4.74 Å². The van der Waals surface area contributed by atoms with Gasteiger partial charge in [-0.05, 0) is 26.8 Å². The highest BCUT2D eigenvalue weighted by molar-refractivity contribution is 6.03. The standard InChI is InChI=1S/C17H20N4O5/c1-4-18-17(25)19-14(22)10(3)26-16(24)13-11-8-6-7-9-12(11)15(23)21(5-2)20-13/h6-10H,4-5H2,1-3H3,(H2,18,19,22,25). The monoisotopic (exact) mass is 360 g/mol. The Balaban J connectivity index is 2.27. The molecule has 9 heteroatoms. The van der Waals surface area contributed by atoms with E-state index in [1.165, 1.54) is 6.92 Å². The van der Waals surface area contributed by atoms with Crippen molar-refractivity contribution in [3.05, 3.63) is 40.3 Å². The number of benzene rings is 1. The SMILES string of the molecule is CCNC(=O)NC(=O)C(C)OC(=O)c1nn(CC)c(=O)c2ccccc12. The molecule has 0 fully saturated rings. The number of esters is 1. The molecule has 2 rings (SSSR count). The molecule has 0 aliphatic rings. The maximum atomic E-state index is 12.5. The molecule has 0 bridgehead atoms. The van der Waals surface area contributed by atoms with Crippen molar-refractivity contribution in [2.24, 2.45) is 0 Å². The third-order valence-corrected chi connectivity index (χ3v) is 3.59. The van der Waals surface area contributed by atoms with E-state index in [2.05, 4.69) is 15.7 Å². The smallest absolute Gasteiger partial charge is 0.360 e. The molecular weight excluding hydrogens is 340 g/mol. The number of nitrogens with zero attached hydrogens (tertiary/aromatic N) is 2. The lowest BCUT2D eigenvalue weighted by atomic mass is 10.1. The van der Waals surface area contributed by atoms with Gasteiger partial charge in [0.05, 0.1) is 5.39 Å². The largest absolute Gasteiger partial charge is 0.448 e. The Morgan fingerprint density at radius 2 is 1.85 bits per heavy atom. The molecule has 0 spiro atoms. The molecular formula is C17H20N4O5.